The summed E-state index contributed by atoms with van der Waals surface area (Å²) in [4.78, 5) is 7.95. The Balaban J connectivity index is 2.55. The van der Waals surface area contributed by atoms with Crippen molar-refractivity contribution in [2.75, 3.05) is 0 Å². The van der Waals surface area contributed by atoms with Gasteiger partial charge in [0.25, 0.3) is 0 Å². The number of halogens is 2. The second kappa shape index (κ2) is 3.67. The third-order valence-corrected chi connectivity index (χ3v) is 2.63. The molecule has 0 aliphatic carbocycles. The molecule has 72 valence electrons. The summed E-state index contributed by atoms with van der Waals surface area (Å²) in [6.07, 6.45) is 4.84. The number of rotatable bonds is 1. The molecule has 0 aliphatic heterocycles. The molecule has 2 aromatic rings. The third kappa shape index (κ3) is 1.65. The SMILES string of the molecule is Cc1nn(-c2ncncc2Br)cc1Cl. The van der Waals surface area contributed by atoms with E-state index in [0.717, 1.165) is 10.2 Å². The molecular weight excluding hydrogens is 267 g/mol. The van der Waals surface area contributed by atoms with E-state index in [9.17, 15) is 0 Å². The van der Waals surface area contributed by atoms with Crippen LogP contribution in [-0.4, -0.2) is 19.7 Å². The van der Waals surface area contributed by atoms with Crippen LogP contribution in [-0.2, 0) is 0 Å². The van der Waals surface area contributed by atoms with Gasteiger partial charge in [-0.25, -0.2) is 14.6 Å². The van der Waals surface area contributed by atoms with Gasteiger partial charge < -0.3 is 0 Å². The predicted molar refractivity (Wildman–Crippen MR) is 56.6 cm³/mol. The van der Waals surface area contributed by atoms with Crippen molar-refractivity contribution in [1.82, 2.24) is 19.7 Å². The molecule has 0 saturated carbocycles. The Labute approximate surface area is 94.1 Å². The Morgan fingerprint density at radius 1 is 1.50 bits per heavy atom. The maximum Gasteiger partial charge on any atom is 0.170 e. The van der Waals surface area contributed by atoms with Crippen molar-refractivity contribution in [3.8, 4) is 5.82 Å². The first-order valence-electron chi connectivity index (χ1n) is 3.86. The van der Waals surface area contributed by atoms with E-state index < -0.39 is 0 Å². The van der Waals surface area contributed by atoms with Gasteiger partial charge in [0, 0.05) is 6.20 Å². The molecule has 0 aromatic carbocycles. The monoisotopic (exact) mass is 272 g/mol. The molecule has 0 aliphatic rings. The topological polar surface area (TPSA) is 43.6 Å². The summed E-state index contributed by atoms with van der Waals surface area (Å²) in [7, 11) is 0. The van der Waals surface area contributed by atoms with Gasteiger partial charge in [0.1, 0.15) is 6.33 Å². The number of aryl methyl sites for hydroxylation is 1. The molecule has 2 heterocycles. The highest BCUT2D eigenvalue weighted by Gasteiger charge is 2.07. The van der Waals surface area contributed by atoms with E-state index in [4.69, 9.17) is 11.6 Å². The van der Waals surface area contributed by atoms with Gasteiger partial charge in [-0.1, -0.05) is 11.6 Å². The molecular formula is C8H6BrClN4. The van der Waals surface area contributed by atoms with Gasteiger partial charge in [0.15, 0.2) is 5.82 Å². The van der Waals surface area contributed by atoms with Gasteiger partial charge >= 0.3 is 0 Å². The molecule has 0 saturated heterocycles. The van der Waals surface area contributed by atoms with E-state index in [-0.39, 0.29) is 0 Å². The average molecular weight is 274 g/mol. The quantitative estimate of drug-likeness (QED) is 0.801. The second-order valence-electron chi connectivity index (χ2n) is 2.70. The van der Waals surface area contributed by atoms with Crippen molar-refractivity contribution < 1.29 is 0 Å². The lowest BCUT2D eigenvalue weighted by Crippen LogP contribution is -1.99. The fourth-order valence-electron chi connectivity index (χ4n) is 1.02. The summed E-state index contributed by atoms with van der Waals surface area (Å²) in [5.74, 6) is 0.676. The van der Waals surface area contributed by atoms with E-state index >= 15 is 0 Å². The first-order chi connectivity index (χ1) is 6.68. The van der Waals surface area contributed by atoms with E-state index in [1.807, 2.05) is 6.92 Å². The molecule has 2 aromatic heterocycles. The zero-order valence-corrected chi connectivity index (χ0v) is 9.62. The minimum absolute atomic E-state index is 0.621. The summed E-state index contributed by atoms with van der Waals surface area (Å²) in [5.41, 5.74) is 0.775. The maximum atomic E-state index is 5.89. The lowest BCUT2D eigenvalue weighted by Gasteiger charge is -2.00. The highest BCUT2D eigenvalue weighted by Crippen LogP contribution is 2.19. The van der Waals surface area contributed by atoms with Crippen LogP contribution in [0.2, 0.25) is 5.02 Å². The van der Waals surface area contributed by atoms with Gasteiger partial charge in [0.05, 0.1) is 21.4 Å². The summed E-state index contributed by atoms with van der Waals surface area (Å²) in [6.45, 7) is 1.84. The van der Waals surface area contributed by atoms with Gasteiger partial charge in [-0.15, -0.1) is 0 Å². The predicted octanol–water partition coefficient (Wildman–Crippen LogP) is 2.39. The number of hydrogen-bond acceptors (Lipinski definition) is 3. The highest BCUT2D eigenvalue weighted by atomic mass is 79.9. The van der Waals surface area contributed by atoms with Crippen molar-refractivity contribution in [1.29, 1.82) is 0 Å². The molecule has 2 rings (SSSR count). The van der Waals surface area contributed by atoms with E-state index in [1.54, 1.807) is 17.1 Å². The smallest absolute Gasteiger partial charge is 0.170 e. The fraction of sp³-hybridized carbons (Fsp3) is 0.125. The lowest BCUT2D eigenvalue weighted by atomic mass is 10.5. The zero-order valence-electron chi connectivity index (χ0n) is 7.28. The van der Waals surface area contributed by atoms with E-state index in [2.05, 4.69) is 31.0 Å². The summed E-state index contributed by atoms with van der Waals surface area (Å²) >= 11 is 9.23. The molecule has 0 unspecified atom stereocenters. The van der Waals surface area contributed by atoms with E-state index in [1.165, 1.54) is 6.33 Å². The standard InChI is InChI=1S/C8H6BrClN4/c1-5-7(10)3-14(13-5)8-6(9)2-11-4-12-8/h2-4H,1H3. The van der Waals surface area contributed by atoms with Crippen LogP contribution in [0.15, 0.2) is 23.2 Å². The van der Waals surface area contributed by atoms with Gasteiger partial charge in [-0.2, -0.15) is 5.10 Å². The Bertz CT molecular complexity index is 449. The summed E-state index contributed by atoms with van der Waals surface area (Å²) in [5, 5.41) is 4.83. The molecule has 0 amide bonds. The van der Waals surface area contributed by atoms with Crippen LogP contribution in [0.5, 0.6) is 0 Å². The van der Waals surface area contributed by atoms with Crippen LogP contribution in [0.3, 0.4) is 0 Å². The van der Waals surface area contributed by atoms with Crippen molar-refractivity contribution in [2.45, 2.75) is 6.92 Å². The Morgan fingerprint density at radius 2 is 2.29 bits per heavy atom. The van der Waals surface area contributed by atoms with Crippen LogP contribution in [0.1, 0.15) is 5.69 Å². The second-order valence-corrected chi connectivity index (χ2v) is 3.96. The fourth-order valence-corrected chi connectivity index (χ4v) is 1.55. The van der Waals surface area contributed by atoms with Gasteiger partial charge in [0.2, 0.25) is 0 Å². The summed E-state index contributed by atoms with van der Waals surface area (Å²) in [6, 6.07) is 0. The molecule has 14 heavy (non-hydrogen) atoms. The average Bonchev–Trinajstić information content (AvgIpc) is 2.48. The molecule has 0 atom stereocenters. The number of nitrogens with zero attached hydrogens (tertiary/aromatic N) is 4. The minimum Gasteiger partial charge on any atom is -0.243 e. The van der Waals surface area contributed by atoms with Crippen molar-refractivity contribution >= 4 is 27.5 Å². The zero-order chi connectivity index (χ0) is 10.1. The molecule has 0 spiro atoms. The number of hydrogen-bond donors (Lipinski definition) is 0. The Kier molecular flexibility index (Phi) is 2.52. The lowest BCUT2D eigenvalue weighted by molar-refractivity contribution is 0.820. The molecule has 0 radical (unpaired) electrons. The summed E-state index contributed by atoms with van der Waals surface area (Å²) < 4.78 is 2.39. The molecule has 0 bridgehead atoms. The minimum atomic E-state index is 0.621. The van der Waals surface area contributed by atoms with Gasteiger partial charge in [-0.05, 0) is 22.9 Å². The van der Waals surface area contributed by atoms with Crippen LogP contribution in [0.4, 0.5) is 0 Å². The Hall–Kier alpha value is -0.940. The van der Waals surface area contributed by atoms with Crippen LogP contribution in [0, 0.1) is 6.92 Å². The maximum absolute atomic E-state index is 5.89. The normalized spacial score (nSPS) is 10.5. The molecule has 4 nitrogen and oxygen atoms in total. The third-order valence-electron chi connectivity index (χ3n) is 1.70. The molecule has 0 N–H and O–H groups in total. The van der Waals surface area contributed by atoms with Crippen LogP contribution >= 0.6 is 27.5 Å². The van der Waals surface area contributed by atoms with Crippen molar-refractivity contribution in [3.63, 3.8) is 0 Å². The molecule has 0 fully saturated rings. The first kappa shape index (κ1) is 9.61. The van der Waals surface area contributed by atoms with Crippen molar-refractivity contribution in [3.05, 3.63) is 33.9 Å². The molecule has 6 heteroatoms. The highest BCUT2D eigenvalue weighted by molar-refractivity contribution is 9.10. The largest absolute Gasteiger partial charge is 0.243 e. The van der Waals surface area contributed by atoms with Crippen LogP contribution in [0.25, 0.3) is 5.82 Å². The van der Waals surface area contributed by atoms with Crippen molar-refractivity contribution in [2.24, 2.45) is 0 Å². The van der Waals surface area contributed by atoms with Crippen LogP contribution < -0.4 is 0 Å². The van der Waals surface area contributed by atoms with E-state index in [0.29, 0.717) is 10.8 Å². The Morgan fingerprint density at radius 3 is 2.86 bits per heavy atom. The number of aromatic nitrogens is 4. The first-order valence-corrected chi connectivity index (χ1v) is 5.03. The van der Waals surface area contributed by atoms with Gasteiger partial charge in [-0.3, -0.25) is 0 Å².